The molecule has 1 fully saturated rings. The van der Waals surface area contributed by atoms with E-state index in [0.29, 0.717) is 10.9 Å². The van der Waals surface area contributed by atoms with E-state index in [2.05, 4.69) is 20.1 Å². The molecule has 20 heavy (non-hydrogen) atoms. The Morgan fingerprint density at radius 1 is 1.35 bits per heavy atom. The minimum Gasteiger partial charge on any atom is -0.293 e. The van der Waals surface area contributed by atoms with Crippen LogP contribution in [0.25, 0.3) is 0 Å². The molecule has 104 valence electrons. The summed E-state index contributed by atoms with van der Waals surface area (Å²) in [4.78, 5) is 11.6. The molecule has 1 saturated carbocycles. The Labute approximate surface area is 122 Å². The van der Waals surface area contributed by atoms with Gasteiger partial charge in [-0.05, 0) is 12.8 Å². The van der Waals surface area contributed by atoms with Crippen molar-refractivity contribution in [1.29, 1.82) is 0 Å². The van der Waals surface area contributed by atoms with E-state index in [0.717, 1.165) is 37.6 Å². The molecule has 0 radical (unpaired) electrons. The predicted octanol–water partition coefficient (Wildman–Crippen LogP) is 2.29. The lowest BCUT2D eigenvalue weighted by Gasteiger charge is -2.27. The molecule has 2 aromatic rings. The van der Waals surface area contributed by atoms with Crippen molar-refractivity contribution in [3.63, 3.8) is 0 Å². The second-order valence-electron chi connectivity index (χ2n) is 5.63. The average Bonchev–Trinajstić information content (AvgIpc) is 3.24. The fourth-order valence-corrected chi connectivity index (χ4v) is 2.85. The number of aromatic amines is 1. The van der Waals surface area contributed by atoms with Gasteiger partial charge in [0.1, 0.15) is 5.82 Å². The summed E-state index contributed by atoms with van der Waals surface area (Å²) in [5.41, 5.74) is 3.45. The van der Waals surface area contributed by atoms with Crippen molar-refractivity contribution in [1.82, 2.24) is 25.1 Å². The molecule has 1 aliphatic carbocycles. The van der Waals surface area contributed by atoms with E-state index < -0.39 is 0 Å². The van der Waals surface area contributed by atoms with Gasteiger partial charge < -0.3 is 0 Å². The van der Waals surface area contributed by atoms with E-state index in [1.165, 1.54) is 24.1 Å². The summed E-state index contributed by atoms with van der Waals surface area (Å²) >= 11 is 6.08. The van der Waals surface area contributed by atoms with Crippen LogP contribution in [0, 0.1) is 0 Å². The van der Waals surface area contributed by atoms with E-state index in [9.17, 15) is 0 Å². The van der Waals surface area contributed by atoms with Gasteiger partial charge in [-0.15, -0.1) is 0 Å². The van der Waals surface area contributed by atoms with Crippen molar-refractivity contribution in [2.24, 2.45) is 0 Å². The maximum atomic E-state index is 6.08. The van der Waals surface area contributed by atoms with Gasteiger partial charge in [0.15, 0.2) is 0 Å². The van der Waals surface area contributed by atoms with Gasteiger partial charge in [0.05, 0.1) is 16.9 Å². The van der Waals surface area contributed by atoms with Crippen molar-refractivity contribution in [3.8, 4) is 0 Å². The molecule has 0 atom stereocenters. The smallest absolute Gasteiger partial charge is 0.131 e. The Morgan fingerprint density at radius 3 is 3.00 bits per heavy atom. The number of aromatic nitrogens is 4. The summed E-state index contributed by atoms with van der Waals surface area (Å²) in [5, 5.41) is 7.62. The number of hydrogen-bond donors (Lipinski definition) is 1. The van der Waals surface area contributed by atoms with Crippen molar-refractivity contribution < 1.29 is 0 Å². The third-order valence-electron chi connectivity index (χ3n) is 4.02. The van der Waals surface area contributed by atoms with Gasteiger partial charge in [0.25, 0.3) is 0 Å². The fraction of sp³-hybridized carbons (Fsp3) is 0.500. The van der Waals surface area contributed by atoms with Crippen LogP contribution in [0.2, 0.25) is 5.02 Å². The highest BCUT2D eigenvalue weighted by Gasteiger charge is 2.28. The molecule has 2 aliphatic rings. The van der Waals surface area contributed by atoms with Crippen molar-refractivity contribution >= 4 is 11.6 Å². The maximum Gasteiger partial charge on any atom is 0.131 e. The first kappa shape index (κ1) is 12.3. The van der Waals surface area contributed by atoms with Gasteiger partial charge in [-0.2, -0.15) is 5.10 Å². The summed E-state index contributed by atoms with van der Waals surface area (Å²) in [5.74, 6) is 1.68. The first-order chi connectivity index (χ1) is 9.79. The summed E-state index contributed by atoms with van der Waals surface area (Å²) in [6.07, 6.45) is 7.16. The third-order valence-corrected chi connectivity index (χ3v) is 4.35. The molecule has 3 heterocycles. The van der Waals surface area contributed by atoms with Crippen LogP contribution in [-0.4, -0.2) is 31.6 Å². The number of fused-ring (bicyclic) bond motifs is 1. The van der Waals surface area contributed by atoms with Gasteiger partial charge in [0, 0.05) is 49.4 Å². The van der Waals surface area contributed by atoms with E-state index in [1.807, 2.05) is 6.20 Å². The minimum atomic E-state index is 0.627. The molecule has 5 nitrogen and oxygen atoms in total. The SMILES string of the molecule is Clc1cn[nH]c1CN1CCc2nc(C3CC3)ncc2C1. The lowest BCUT2D eigenvalue weighted by Crippen LogP contribution is -2.31. The molecule has 6 heteroatoms. The molecule has 0 amide bonds. The topological polar surface area (TPSA) is 57.7 Å². The van der Waals surface area contributed by atoms with Crippen LogP contribution in [0.3, 0.4) is 0 Å². The fourth-order valence-electron chi connectivity index (χ4n) is 2.70. The van der Waals surface area contributed by atoms with Gasteiger partial charge >= 0.3 is 0 Å². The molecular formula is C14H16ClN5. The normalized spacial score (nSPS) is 19.1. The zero-order valence-electron chi connectivity index (χ0n) is 11.1. The molecule has 0 spiro atoms. The highest BCUT2D eigenvalue weighted by molar-refractivity contribution is 6.31. The molecule has 0 saturated heterocycles. The lowest BCUT2D eigenvalue weighted by molar-refractivity contribution is 0.239. The Morgan fingerprint density at radius 2 is 2.25 bits per heavy atom. The molecule has 4 rings (SSSR count). The Kier molecular flexibility index (Phi) is 2.97. The number of nitrogens with one attached hydrogen (secondary N) is 1. The van der Waals surface area contributed by atoms with Crippen LogP contribution in [0.15, 0.2) is 12.4 Å². The van der Waals surface area contributed by atoms with Gasteiger partial charge in [-0.1, -0.05) is 11.6 Å². The van der Waals surface area contributed by atoms with Crippen LogP contribution in [0.5, 0.6) is 0 Å². The predicted molar refractivity (Wildman–Crippen MR) is 75.4 cm³/mol. The van der Waals surface area contributed by atoms with Crippen LogP contribution >= 0.6 is 11.6 Å². The molecule has 2 aromatic heterocycles. The van der Waals surface area contributed by atoms with Crippen molar-refractivity contribution in [3.05, 3.63) is 40.2 Å². The quantitative estimate of drug-likeness (QED) is 0.942. The summed E-state index contributed by atoms with van der Waals surface area (Å²) < 4.78 is 0. The number of halogens is 1. The van der Waals surface area contributed by atoms with Crippen molar-refractivity contribution in [2.75, 3.05) is 6.54 Å². The van der Waals surface area contributed by atoms with Crippen LogP contribution < -0.4 is 0 Å². The molecule has 0 bridgehead atoms. The minimum absolute atomic E-state index is 0.627. The average molecular weight is 290 g/mol. The molecule has 0 aromatic carbocycles. The first-order valence-corrected chi connectivity index (χ1v) is 7.42. The molecule has 0 unspecified atom stereocenters. The first-order valence-electron chi connectivity index (χ1n) is 7.04. The largest absolute Gasteiger partial charge is 0.293 e. The zero-order chi connectivity index (χ0) is 13.5. The number of nitrogens with zero attached hydrogens (tertiary/aromatic N) is 4. The van der Waals surface area contributed by atoms with Crippen LogP contribution in [-0.2, 0) is 19.5 Å². The Balaban J connectivity index is 1.50. The monoisotopic (exact) mass is 289 g/mol. The second kappa shape index (κ2) is 4.82. The lowest BCUT2D eigenvalue weighted by atomic mass is 10.1. The second-order valence-corrected chi connectivity index (χ2v) is 6.04. The summed E-state index contributed by atoms with van der Waals surface area (Å²) in [6, 6.07) is 0. The highest BCUT2D eigenvalue weighted by atomic mass is 35.5. The highest BCUT2D eigenvalue weighted by Crippen LogP contribution is 2.38. The Hall–Kier alpha value is -1.46. The summed E-state index contributed by atoms with van der Waals surface area (Å²) in [7, 11) is 0. The zero-order valence-corrected chi connectivity index (χ0v) is 11.9. The summed E-state index contributed by atoms with van der Waals surface area (Å²) in [6.45, 7) is 2.68. The van der Waals surface area contributed by atoms with Gasteiger partial charge in [-0.25, -0.2) is 9.97 Å². The van der Waals surface area contributed by atoms with Gasteiger partial charge in [0.2, 0.25) is 0 Å². The standard InChI is InChI=1S/C14H16ClN5/c15-11-6-17-19-13(11)8-20-4-3-12-10(7-20)5-16-14(18-12)9-1-2-9/h5-6,9H,1-4,7-8H2,(H,17,19). The number of rotatable bonds is 3. The van der Waals surface area contributed by atoms with E-state index in [-0.39, 0.29) is 0 Å². The van der Waals surface area contributed by atoms with Crippen LogP contribution in [0.4, 0.5) is 0 Å². The molecule has 1 aliphatic heterocycles. The number of hydrogen-bond acceptors (Lipinski definition) is 4. The van der Waals surface area contributed by atoms with Crippen molar-refractivity contribution in [2.45, 2.75) is 38.3 Å². The van der Waals surface area contributed by atoms with E-state index >= 15 is 0 Å². The van der Waals surface area contributed by atoms with Gasteiger partial charge in [-0.3, -0.25) is 10.00 Å². The van der Waals surface area contributed by atoms with E-state index in [1.54, 1.807) is 6.20 Å². The Bertz CT molecular complexity index is 634. The third kappa shape index (κ3) is 2.31. The number of H-pyrrole nitrogens is 1. The maximum absolute atomic E-state index is 6.08. The molecule has 1 N–H and O–H groups in total. The van der Waals surface area contributed by atoms with E-state index in [4.69, 9.17) is 16.6 Å². The molecular weight excluding hydrogens is 274 g/mol. The van der Waals surface area contributed by atoms with Crippen LogP contribution in [0.1, 0.15) is 41.5 Å².